The van der Waals surface area contributed by atoms with E-state index >= 15 is 0 Å². The fourth-order valence-electron chi connectivity index (χ4n) is 3.26. The monoisotopic (exact) mass is 343 g/mol. The summed E-state index contributed by atoms with van der Waals surface area (Å²) < 4.78 is 0. The Hall–Kier alpha value is -3.01. The number of hydrogen-bond donors (Lipinski definition) is 1. The van der Waals surface area contributed by atoms with E-state index in [4.69, 9.17) is 9.97 Å². The lowest BCUT2D eigenvalue weighted by Crippen LogP contribution is -2.32. The number of benzene rings is 3. The van der Waals surface area contributed by atoms with Gasteiger partial charge in [-0.05, 0) is 49.4 Å². The zero-order valence-electron chi connectivity index (χ0n) is 15.2. The smallest absolute Gasteiger partial charge is 0.253 e. The summed E-state index contributed by atoms with van der Waals surface area (Å²) in [4.78, 5) is 22.3. The van der Waals surface area contributed by atoms with E-state index in [0.717, 1.165) is 33.7 Å². The summed E-state index contributed by atoms with van der Waals surface area (Å²) in [5, 5.41) is 5.25. The second-order valence-corrected chi connectivity index (χ2v) is 6.78. The Labute approximate surface area is 152 Å². The molecule has 1 atom stereocenters. The lowest BCUT2D eigenvalue weighted by molar-refractivity contribution is 0.0941. The van der Waals surface area contributed by atoms with Gasteiger partial charge in [0.1, 0.15) is 5.52 Å². The van der Waals surface area contributed by atoms with Crippen LogP contribution in [0.2, 0.25) is 0 Å². The van der Waals surface area contributed by atoms with Crippen molar-refractivity contribution in [2.75, 3.05) is 0 Å². The molecule has 1 heterocycles. The van der Waals surface area contributed by atoms with Gasteiger partial charge in [0.15, 0.2) is 0 Å². The SMILES string of the molecule is CC[C@@H](C)NC(=O)c1cccc2nc3ccc4c(C)cccc4c3nc12. The molecule has 0 aliphatic heterocycles. The molecular weight excluding hydrogens is 322 g/mol. The van der Waals surface area contributed by atoms with E-state index in [0.29, 0.717) is 11.1 Å². The van der Waals surface area contributed by atoms with E-state index in [1.54, 1.807) is 0 Å². The van der Waals surface area contributed by atoms with Crippen molar-refractivity contribution in [3.63, 3.8) is 0 Å². The van der Waals surface area contributed by atoms with Gasteiger partial charge in [0, 0.05) is 11.4 Å². The van der Waals surface area contributed by atoms with Crippen molar-refractivity contribution in [2.45, 2.75) is 33.2 Å². The molecular formula is C22H21N3O. The molecule has 4 heteroatoms. The Balaban J connectivity index is 1.99. The third kappa shape index (κ3) is 2.68. The second-order valence-electron chi connectivity index (χ2n) is 6.78. The molecule has 130 valence electrons. The van der Waals surface area contributed by atoms with Crippen LogP contribution >= 0.6 is 0 Å². The van der Waals surface area contributed by atoms with Crippen molar-refractivity contribution in [3.8, 4) is 0 Å². The summed E-state index contributed by atoms with van der Waals surface area (Å²) in [5.41, 5.74) is 4.84. The maximum Gasteiger partial charge on any atom is 0.253 e. The molecule has 3 aromatic carbocycles. The number of fused-ring (bicyclic) bond motifs is 4. The summed E-state index contributed by atoms with van der Waals surface area (Å²) in [6, 6.07) is 16.0. The van der Waals surface area contributed by atoms with Crippen LogP contribution in [0.15, 0.2) is 48.5 Å². The Morgan fingerprint density at radius 1 is 0.962 bits per heavy atom. The van der Waals surface area contributed by atoms with Gasteiger partial charge in [-0.1, -0.05) is 37.3 Å². The molecule has 1 aromatic heterocycles. The average molecular weight is 343 g/mol. The van der Waals surface area contributed by atoms with Gasteiger partial charge < -0.3 is 5.32 Å². The van der Waals surface area contributed by atoms with Crippen LogP contribution in [0.25, 0.3) is 32.8 Å². The molecule has 0 spiro atoms. The molecule has 26 heavy (non-hydrogen) atoms. The lowest BCUT2D eigenvalue weighted by Gasteiger charge is -2.13. The number of nitrogens with zero attached hydrogens (tertiary/aromatic N) is 2. The standard InChI is InChI=1S/C22H21N3O/c1-4-14(3)23-22(26)17-9-6-10-18-21(17)25-20-16-8-5-7-13(2)15(16)11-12-19(20)24-18/h5-12,14H,4H2,1-3H3,(H,23,26)/t14-/m1/s1. The van der Waals surface area contributed by atoms with E-state index in [9.17, 15) is 4.79 Å². The van der Waals surface area contributed by atoms with Crippen molar-refractivity contribution < 1.29 is 4.79 Å². The second kappa shape index (κ2) is 6.37. The molecule has 1 N–H and O–H groups in total. The highest BCUT2D eigenvalue weighted by Crippen LogP contribution is 2.27. The maximum atomic E-state index is 12.7. The first kappa shape index (κ1) is 16.5. The number of aromatic nitrogens is 2. The fraction of sp³-hybridized carbons (Fsp3) is 0.227. The largest absolute Gasteiger partial charge is 0.350 e. The maximum absolute atomic E-state index is 12.7. The number of rotatable bonds is 3. The zero-order chi connectivity index (χ0) is 18.3. The molecule has 0 bridgehead atoms. The molecule has 4 nitrogen and oxygen atoms in total. The number of aryl methyl sites for hydroxylation is 1. The highest BCUT2D eigenvalue weighted by atomic mass is 16.1. The summed E-state index contributed by atoms with van der Waals surface area (Å²) in [7, 11) is 0. The van der Waals surface area contributed by atoms with Crippen molar-refractivity contribution in [3.05, 3.63) is 59.7 Å². The van der Waals surface area contributed by atoms with E-state index in [2.05, 4.69) is 37.4 Å². The number of carbonyl (C=O) groups is 1. The van der Waals surface area contributed by atoms with Gasteiger partial charge in [0.25, 0.3) is 5.91 Å². The molecule has 0 aliphatic carbocycles. The van der Waals surface area contributed by atoms with Crippen LogP contribution in [-0.4, -0.2) is 21.9 Å². The number of nitrogens with one attached hydrogen (secondary N) is 1. The van der Waals surface area contributed by atoms with Gasteiger partial charge in [-0.15, -0.1) is 0 Å². The van der Waals surface area contributed by atoms with Gasteiger partial charge in [-0.25, -0.2) is 9.97 Å². The molecule has 4 aromatic rings. The van der Waals surface area contributed by atoms with Crippen LogP contribution in [0, 0.1) is 6.92 Å². The quantitative estimate of drug-likeness (QED) is 0.430. The first-order valence-electron chi connectivity index (χ1n) is 8.98. The van der Waals surface area contributed by atoms with Crippen LogP contribution in [0.5, 0.6) is 0 Å². The topological polar surface area (TPSA) is 54.9 Å². The predicted molar refractivity (Wildman–Crippen MR) is 107 cm³/mol. The summed E-state index contributed by atoms with van der Waals surface area (Å²) in [5.74, 6) is -0.102. The third-order valence-corrected chi connectivity index (χ3v) is 4.94. The Morgan fingerprint density at radius 3 is 2.54 bits per heavy atom. The Kier molecular flexibility index (Phi) is 4.03. The number of carbonyl (C=O) groups excluding carboxylic acids is 1. The molecule has 0 unspecified atom stereocenters. The van der Waals surface area contributed by atoms with Crippen LogP contribution in [-0.2, 0) is 0 Å². The summed E-state index contributed by atoms with van der Waals surface area (Å²) >= 11 is 0. The Bertz CT molecular complexity index is 1150. The normalized spacial score (nSPS) is 12.6. The highest BCUT2D eigenvalue weighted by molar-refractivity contribution is 6.10. The predicted octanol–water partition coefficient (Wildman–Crippen LogP) is 4.77. The highest BCUT2D eigenvalue weighted by Gasteiger charge is 2.15. The van der Waals surface area contributed by atoms with Crippen molar-refractivity contribution in [1.82, 2.24) is 15.3 Å². The molecule has 0 saturated heterocycles. The minimum atomic E-state index is -0.102. The number of para-hydroxylation sites is 1. The van der Waals surface area contributed by atoms with E-state index < -0.39 is 0 Å². The van der Waals surface area contributed by atoms with E-state index in [1.807, 2.05) is 37.3 Å². The summed E-state index contributed by atoms with van der Waals surface area (Å²) in [6.45, 7) is 6.14. The molecule has 1 amide bonds. The third-order valence-electron chi connectivity index (χ3n) is 4.94. The van der Waals surface area contributed by atoms with Crippen LogP contribution in [0.3, 0.4) is 0 Å². The fourth-order valence-corrected chi connectivity index (χ4v) is 3.26. The first-order chi connectivity index (χ1) is 12.6. The number of amides is 1. The van der Waals surface area contributed by atoms with Gasteiger partial charge >= 0.3 is 0 Å². The molecule has 0 fully saturated rings. The van der Waals surface area contributed by atoms with Crippen molar-refractivity contribution >= 4 is 38.7 Å². The lowest BCUT2D eigenvalue weighted by atomic mass is 10.0. The van der Waals surface area contributed by atoms with Gasteiger partial charge in [-0.2, -0.15) is 0 Å². The van der Waals surface area contributed by atoms with Gasteiger partial charge in [0.2, 0.25) is 0 Å². The van der Waals surface area contributed by atoms with Crippen LogP contribution in [0.1, 0.15) is 36.2 Å². The number of hydrogen-bond acceptors (Lipinski definition) is 3. The Morgan fingerprint density at radius 2 is 1.73 bits per heavy atom. The minimum absolute atomic E-state index is 0.102. The first-order valence-corrected chi connectivity index (χ1v) is 8.98. The molecule has 0 aliphatic rings. The van der Waals surface area contributed by atoms with E-state index in [1.165, 1.54) is 5.56 Å². The molecule has 0 saturated carbocycles. The summed E-state index contributed by atoms with van der Waals surface area (Å²) in [6.07, 6.45) is 0.884. The average Bonchev–Trinajstić information content (AvgIpc) is 2.65. The van der Waals surface area contributed by atoms with Crippen LogP contribution in [0.4, 0.5) is 0 Å². The minimum Gasteiger partial charge on any atom is -0.350 e. The van der Waals surface area contributed by atoms with Crippen molar-refractivity contribution in [2.24, 2.45) is 0 Å². The van der Waals surface area contributed by atoms with Crippen molar-refractivity contribution in [1.29, 1.82) is 0 Å². The van der Waals surface area contributed by atoms with Gasteiger partial charge in [0.05, 0.1) is 22.1 Å². The molecule has 4 rings (SSSR count). The van der Waals surface area contributed by atoms with E-state index in [-0.39, 0.29) is 11.9 Å². The van der Waals surface area contributed by atoms with Gasteiger partial charge in [-0.3, -0.25) is 4.79 Å². The zero-order valence-corrected chi connectivity index (χ0v) is 15.2. The van der Waals surface area contributed by atoms with Crippen LogP contribution < -0.4 is 5.32 Å². The molecule has 0 radical (unpaired) electrons.